The lowest BCUT2D eigenvalue weighted by Gasteiger charge is -2.33. The fourth-order valence-electron chi connectivity index (χ4n) is 3.23. The van der Waals surface area contributed by atoms with Gasteiger partial charge in [0.2, 0.25) is 0 Å². The molecule has 3 rings (SSSR count). The molecule has 3 heteroatoms. The maximum Gasteiger partial charge on any atom is 0.149 e. The van der Waals surface area contributed by atoms with Crippen LogP contribution >= 0.6 is 0 Å². The first kappa shape index (κ1) is 24.2. The highest BCUT2D eigenvalue weighted by Crippen LogP contribution is 2.41. The van der Waals surface area contributed by atoms with Crippen molar-refractivity contribution < 1.29 is 13.6 Å². The molecule has 1 unspecified atom stereocenters. The summed E-state index contributed by atoms with van der Waals surface area (Å²) in [6.45, 7) is 1.43. The molecule has 1 nitrogen and oxygen atoms in total. The topological polar surface area (TPSA) is 17.1 Å². The molecule has 0 heterocycles. The highest BCUT2D eigenvalue weighted by atomic mass is 19.1. The first-order valence-electron chi connectivity index (χ1n) is 7.64. The molecule has 0 amide bonds. The molecule has 144 valence electrons. The first-order valence-corrected chi connectivity index (χ1v) is 7.64. The van der Waals surface area contributed by atoms with Crippen LogP contribution in [-0.2, 0) is 10.2 Å². The van der Waals surface area contributed by atoms with E-state index >= 15 is 0 Å². The Morgan fingerprint density at radius 2 is 1.19 bits per heavy atom. The van der Waals surface area contributed by atoms with Gasteiger partial charge < -0.3 is 0 Å². The normalized spacial score (nSPS) is 11.8. The third kappa shape index (κ3) is 4.13. The average molecular weight is 370 g/mol. The van der Waals surface area contributed by atoms with E-state index in [1.165, 1.54) is 37.3 Å². The molecule has 0 saturated carbocycles. The van der Waals surface area contributed by atoms with Gasteiger partial charge in [-0.1, -0.05) is 82.9 Å². The number of ketones is 1. The highest BCUT2D eigenvalue weighted by Gasteiger charge is 2.42. The Labute approximate surface area is 161 Å². The van der Waals surface area contributed by atoms with Gasteiger partial charge in [0.25, 0.3) is 0 Å². The minimum absolute atomic E-state index is 0. The van der Waals surface area contributed by atoms with Crippen molar-refractivity contribution in [3.05, 3.63) is 107 Å². The summed E-state index contributed by atoms with van der Waals surface area (Å²) in [5.74, 6) is -1.11. The Balaban J connectivity index is 0.00000225. The van der Waals surface area contributed by atoms with Gasteiger partial charge in [0.1, 0.15) is 22.8 Å². The van der Waals surface area contributed by atoms with Gasteiger partial charge in [0.15, 0.2) is 0 Å². The number of hydrogen-bond acceptors (Lipinski definition) is 1. The zero-order valence-electron chi connectivity index (χ0n) is 13.2. The Morgan fingerprint density at radius 1 is 0.704 bits per heavy atom. The lowest BCUT2D eigenvalue weighted by Crippen LogP contribution is -2.37. The van der Waals surface area contributed by atoms with Crippen LogP contribution in [0.2, 0.25) is 0 Å². The molecule has 0 saturated heterocycles. The third-order valence-corrected chi connectivity index (χ3v) is 4.29. The van der Waals surface area contributed by atoms with E-state index < -0.39 is 17.0 Å². The molecule has 0 fully saturated rings. The van der Waals surface area contributed by atoms with Gasteiger partial charge in [-0.05, 0) is 36.2 Å². The van der Waals surface area contributed by atoms with E-state index in [1.807, 2.05) is 6.07 Å². The van der Waals surface area contributed by atoms with Crippen LogP contribution in [0.15, 0.2) is 78.9 Å². The van der Waals surface area contributed by atoms with Crippen LogP contribution in [0.1, 0.15) is 45.9 Å². The largest absolute Gasteiger partial charge is 0.298 e. The number of Topliss-reactive ketones (excluding diaryl/α,β-unsaturated/α-hetero) is 1. The molecular formula is C24H28F2O. The summed E-state index contributed by atoms with van der Waals surface area (Å²) in [6, 6.07) is 20.9. The molecule has 3 aromatic carbocycles. The van der Waals surface area contributed by atoms with Crippen molar-refractivity contribution in [3.63, 3.8) is 0 Å². The Morgan fingerprint density at radius 3 is 1.70 bits per heavy atom. The van der Waals surface area contributed by atoms with Crippen LogP contribution in [0.5, 0.6) is 0 Å². The lowest BCUT2D eigenvalue weighted by molar-refractivity contribution is -0.120. The van der Waals surface area contributed by atoms with Gasteiger partial charge in [-0.3, -0.25) is 4.79 Å². The Bertz CT molecular complexity index is 857. The van der Waals surface area contributed by atoms with Crippen LogP contribution in [-0.4, -0.2) is 5.78 Å². The Kier molecular flexibility index (Phi) is 8.75. The summed E-state index contributed by atoms with van der Waals surface area (Å²) in [6.07, 6.45) is 0. The fourth-order valence-corrected chi connectivity index (χ4v) is 3.23. The molecular weight excluding hydrogens is 342 g/mol. The Hall–Kier alpha value is -2.81. The second kappa shape index (κ2) is 9.77. The van der Waals surface area contributed by atoms with Gasteiger partial charge in [-0.25, -0.2) is 8.78 Å². The fraction of sp³-hybridized carbons (Fsp3) is 0.208. The summed E-state index contributed by atoms with van der Waals surface area (Å²) in [5, 5.41) is 0. The molecule has 0 aliphatic heterocycles. The number of halogens is 2. The smallest absolute Gasteiger partial charge is 0.149 e. The molecule has 27 heavy (non-hydrogen) atoms. The summed E-state index contributed by atoms with van der Waals surface area (Å²) in [7, 11) is 0. The van der Waals surface area contributed by atoms with Crippen molar-refractivity contribution in [2.24, 2.45) is 0 Å². The molecule has 1 atom stereocenters. The van der Waals surface area contributed by atoms with Crippen molar-refractivity contribution in [1.29, 1.82) is 0 Å². The summed E-state index contributed by atoms with van der Waals surface area (Å²) < 4.78 is 28.1. The minimum Gasteiger partial charge on any atom is -0.298 e. The first-order chi connectivity index (χ1) is 11.6. The van der Waals surface area contributed by atoms with E-state index in [2.05, 4.69) is 0 Å². The molecule has 0 radical (unpaired) electrons. The zero-order valence-corrected chi connectivity index (χ0v) is 13.2. The SMILES string of the molecule is C.C.C.CC(=O)C(c1ccccc1)(c1ccc(F)cc1)c1ccccc1F. The number of benzene rings is 3. The number of carbonyl (C=O) groups is 1. The predicted octanol–water partition coefficient (Wildman–Crippen LogP) is 6.80. The maximum atomic E-state index is 14.7. The molecule has 0 bridgehead atoms. The van der Waals surface area contributed by atoms with Crippen LogP contribution in [0.3, 0.4) is 0 Å². The highest BCUT2D eigenvalue weighted by molar-refractivity contribution is 5.96. The van der Waals surface area contributed by atoms with Gasteiger partial charge >= 0.3 is 0 Å². The molecule has 0 aromatic heterocycles. The second-order valence-electron chi connectivity index (χ2n) is 5.66. The van der Waals surface area contributed by atoms with Gasteiger partial charge in [-0.15, -0.1) is 0 Å². The van der Waals surface area contributed by atoms with Crippen molar-refractivity contribution in [2.75, 3.05) is 0 Å². The zero-order chi connectivity index (χ0) is 17.2. The van der Waals surface area contributed by atoms with Crippen molar-refractivity contribution in [3.8, 4) is 0 Å². The molecule has 0 aliphatic rings. The van der Waals surface area contributed by atoms with Gasteiger partial charge in [0, 0.05) is 5.56 Å². The molecule has 3 aromatic rings. The van der Waals surface area contributed by atoms with Crippen molar-refractivity contribution in [1.82, 2.24) is 0 Å². The second-order valence-corrected chi connectivity index (χ2v) is 5.66. The van der Waals surface area contributed by atoms with Crippen LogP contribution in [0.25, 0.3) is 0 Å². The van der Waals surface area contributed by atoms with Crippen LogP contribution in [0, 0.1) is 11.6 Å². The van der Waals surface area contributed by atoms with E-state index in [1.54, 1.807) is 42.5 Å². The standard InChI is InChI=1S/C21H16F2O.3CH4/c1-15(24)21(16-7-3-2-4-8-16,17-11-13-18(22)14-12-17)19-9-5-6-10-20(19)23;;;/h2-14H,1H3;3*1H4. The minimum atomic E-state index is -1.32. The number of carbonyl (C=O) groups excluding carboxylic acids is 1. The maximum absolute atomic E-state index is 14.7. The molecule has 0 N–H and O–H groups in total. The number of rotatable bonds is 4. The lowest BCUT2D eigenvalue weighted by atomic mass is 9.67. The van der Waals surface area contributed by atoms with Crippen molar-refractivity contribution >= 4 is 5.78 Å². The molecule has 0 aliphatic carbocycles. The van der Waals surface area contributed by atoms with Gasteiger partial charge in [-0.2, -0.15) is 0 Å². The van der Waals surface area contributed by atoms with E-state index in [9.17, 15) is 13.6 Å². The molecule has 0 spiro atoms. The predicted molar refractivity (Wildman–Crippen MR) is 110 cm³/mol. The van der Waals surface area contributed by atoms with Gasteiger partial charge in [0.05, 0.1) is 0 Å². The third-order valence-electron chi connectivity index (χ3n) is 4.29. The monoisotopic (exact) mass is 370 g/mol. The van der Waals surface area contributed by atoms with Crippen LogP contribution in [0.4, 0.5) is 8.78 Å². The quantitative estimate of drug-likeness (QED) is 0.462. The van der Waals surface area contributed by atoms with Crippen LogP contribution < -0.4 is 0 Å². The summed E-state index contributed by atoms with van der Waals surface area (Å²) in [4.78, 5) is 12.8. The summed E-state index contributed by atoms with van der Waals surface area (Å²) in [5.41, 5.74) is 0.123. The van der Waals surface area contributed by atoms with E-state index in [-0.39, 0.29) is 33.6 Å². The van der Waals surface area contributed by atoms with E-state index in [0.717, 1.165) is 0 Å². The van der Waals surface area contributed by atoms with E-state index in [0.29, 0.717) is 11.1 Å². The number of hydrogen-bond donors (Lipinski definition) is 0. The summed E-state index contributed by atoms with van der Waals surface area (Å²) >= 11 is 0. The average Bonchev–Trinajstić information content (AvgIpc) is 2.59. The van der Waals surface area contributed by atoms with Crippen molar-refractivity contribution in [2.45, 2.75) is 34.6 Å². The van der Waals surface area contributed by atoms with E-state index in [4.69, 9.17) is 0 Å².